The van der Waals surface area contributed by atoms with Crippen molar-refractivity contribution in [3.8, 4) is 0 Å². The highest BCUT2D eigenvalue weighted by molar-refractivity contribution is 7.99. The summed E-state index contributed by atoms with van der Waals surface area (Å²) < 4.78 is 5.41. The number of primary amides is 1. The molecule has 1 amide bonds. The Labute approximate surface area is 108 Å². The van der Waals surface area contributed by atoms with Gasteiger partial charge < -0.3 is 15.9 Å². The molecular weight excluding hydrogens is 252 g/mol. The van der Waals surface area contributed by atoms with E-state index in [1.165, 1.54) is 6.07 Å². The van der Waals surface area contributed by atoms with Crippen LogP contribution in [0.2, 0.25) is 0 Å². The lowest BCUT2D eigenvalue weighted by atomic mass is 10.3. The van der Waals surface area contributed by atoms with Crippen LogP contribution in [0.5, 0.6) is 0 Å². The van der Waals surface area contributed by atoms with Crippen molar-refractivity contribution in [2.45, 2.75) is 24.1 Å². The molecule has 2 heterocycles. The molecule has 0 aliphatic rings. The average molecular weight is 264 g/mol. The minimum atomic E-state index is -0.600. The summed E-state index contributed by atoms with van der Waals surface area (Å²) in [5, 5.41) is 0.887. The molecule has 7 heteroatoms. The zero-order valence-electron chi connectivity index (χ0n) is 9.93. The Morgan fingerprint density at radius 2 is 2.06 bits per heavy atom. The van der Waals surface area contributed by atoms with Gasteiger partial charge in [-0.2, -0.15) is 0 Å². The van der Waals surface area contributed by atoms with Gasteiger partial charge >= 0.3 is 0 Å². The first-order valence-electron chi connectivity index (χ1n) is 5.15. The van der Waals surface area contributed by atoms with E-state index in [1.807, 2.05) is 13.8 Å². The molecule has 2 aromatic heterocycles. The number of nitrogens with zero attached hydrogens (tertiary/aromatic N) is 2. The van der Waals surface area contributed by atoms with Gasteiger partial charge in [-0.15, -0.1) is 0 Å². The molecule has 0 saturated heterocycles. The van der Waals surface area contributed by atoms with Crippen LogP contribution in [0.25, 0.3) is 0 Å². The summed E-state index contributed by atoms with van der Waals surface area (Å²) in [4.78, 5) is 19.3. The van der Waals surface area contributed by atoms with Crippen LogP contribution in [0, 0.1) is 13.8 Å². The number of rotatable bonds is 3. The van der Waals surface area contributed by atoms with E-state index in [9.17, 15) is 4.79 Å². The lowest BCUT2D eigenvalue weighted by molar-refractivity contribution is 0.0995. The van der Waals surface area contributed by atoms with Gasteiger partial charge in [-0.25, -0.2) is 9.97 Å². The first-order chi connectivity index (χ1) is 8.47. The Hall–Kier alpha value is -2.02. The summed E-state index contributed by atoms with van der Waals surface area (Å²) in [5.41, 5.74) is 12.4. The molecule has 0 saturated carbocycles. The third kappa shape index (κ3) is 2.45. The van der Waals surface area contributed by atoms with E-state index in [4.69, 9.17) is 15.9 Å². The molecule has 2 aromatic rings. The maximum absolute atomic E-state index is 11.0. The van der Waals surface area contributed by atoms with Crippen LogP contribution in [-0.4, -0.2) is 15.9 Å². The zero-order chi connectivity index (χ0) is 13.3. The minimum Gasteiger partial charge on any atom is -0.436 e. The number of aryl methyl sites for hydroxylation is 2. The van der Waals surface area contributed by atoms with Crippen LogP contribution in [0.3, 0.4) is 0 Å². The Morgan fingerprint density at radius 1 is 1.33 bits per heavy atom. The van der Waals surface area contributed by atoms with Gasteiger partial charge in [0.2, 0.25) is 0 Å². The molecule has 0 radical (unpaired) electrons. The van der Waals surface area contributed by atoms with Crippen LogP contribution in [0.15, 0.2) is 26.8 Å². The molecule has 0 bridgehead atoms. The summed E-state index contributed by atoms with van der Waals surface area (Å²) in [6.45, 7) is 3.67. The molecule has 0 aliphatic heterocycles. The lowest BCUT2D eigenvalue weighted by Crippen LogP contribution is -2.13. The summed E-state index contributed by atoms with van der Waals surface area (Å²) >= 11 is 1.16. The molecule has 0 aliphatic carbocycles. The van der Waals surface area contributed by atoms with E-state index in [0.29, 0.717) is 15.9 Å². The Kier molecular flexibility index (Phi) is 3.24. The molecular formula is C11H12N4O2S. The summed E-state index contributed by atoms with van der Waals surface area (Å²) in [7, 11) is 0. The smallest absolute Gasteiger partial charge is 0.267 e. The first-order valence-corrected chi connectivity index (χ1v) is 5.97. The lowest BCUT2D eigenvalue weighted by Gasteiger charge is -2.03. The zero-order valence-corrected chi connectivity index (χ0v) is 10.7. The molecule has 0 aromatic carbocycles. The number of nitrogen functional groups attached to an aromatic ring is 1. The fourth-order valence-corrected chi connectivity index (χ4v) is 2.08. The molecule has 6 nitrogen and oxygen atoms in total. The Balaban J connectivity index is 2.33. The molecule has 0 fully saturated rings. The van der Waals surface area contributed by atoms with Crippen molar-refractivity contribution >= 4 is 23.4 Å². The summed E-state index contributed by atoms with van der Waals surface area (Å²) in [5.74, 6) is 0.138. The van der Waals surface area contributed by atoms with Gasteiger partial charge in [0.05, 0.1) is 11.4 Å². The van der Waals surface area contributed by atoms with Gasteiger partial charge in [0.1, 0.15) is 16.5 Å². The number of carbonyl (C=O) groups excluding carboxylic acids is 1. The van der Waals surface area contributed by atoms with Crippen molar-refractivity contribution < 1.29 is 9.21 Å². The van der Waals surface area contributed by atoms with Gasteiger partial charge in [-0.3, -0.25) is 4.79 Å². The van der Waals surface area contributed by atoms with Crippen LogP contribution in [0.1, 0.15) is 21.9 Å². The van der Waals surface area contributed by atoms with Crippen LogP contribution in [0.4, 0.5) is 5.69 Å². The van der Waals surface area contributed by atoms with Gasteiger partial charge in [0.15, 0.2) is 0 Å². The maximum atomic E-state index is 11.0. The van der Waals surface area contributed by atoms with E-state index in [2.05, 4.69) is 9.97 Å². The SMILES string of the molecule is Cc1nc(Sc2nc(C(N)=O)ccc2N)oc1C. The number of oxazole rings is 1. The standard InChI is InChI=1S/C11H12N4O2S/c1-5-6(2)17-11(14-5)18-10-7(12)3-4-8(15-10)9(13)16/h3-4H,12H2,1-2H3,(H2,13,16). The van der Waals surface area contributed by atoms with Crippen molar-refractivity contribution in [2.24, 2.45) is 5.73 Å². The van der Waals surface area contributed by atoms with Crippen molar-refractivity contribution in [1.29, 1.82) is 0 Å². The van der Waals surface area contributed by atoms with Gasteiger partial charge in [0, 0.05) is 0 Å². The quantitative estimate of drug-likeness (QED) is 0.870. The normalized spacial score (nSPS) is 10.6. The molecule has 18 heavy (non-hydrogen) atoms. The highest BCUT2D eigenvalue weighted by Crippen LogP contribution is 2.30. The average Bonchev–Trinajstić information content (AvgIpc) is 2.61. The molecule has 0 atom stereocenters. The van der Waals surface area contributed by atoms with Crippen molar-refractivity contribution in [3.63, 3.8) is 0 Å². The van der Waals surface area contributed by atoms with E-state index in [0.717, 1.165) is 23.2 Å². The summed E-state index contributed by atoms with van der Waals surface area (Å²) in [6, 6.07) is 3.06. The second-order valence-electron chi connectivity index (χ2n) is 3.68. The Morgan fingerprint density at radius 3 is 2.61 bits per heavy atom. The number of carbonyl (C=O) groups is 1. The number of nitrogens with two attached hydrogens (primary N) is 2. The van der Waals surface area contributed by atoms with Crippen molar-refractivity contribution in [2.75, 3.05) is 5.73 Å². The third-order valence-electron chi connectivity index (χ3n) is 2.34. The van der Waals surface area contributed by atoms with E-state index >= 15 is 0 Å². The van der Waals surface area contributed by atoms with E-state index in [-0.39, 0.29) is 5.69 Å². The van der Waals surface area contributed by atoms with Gasteiger partial charge in [-0.1, -0.05) is 0 Å². The molecule has 0 spiro atoms. The molecule has 94 valence electrons. The fraction of sp³-hybridized carbons (Fsp3) is 0.182. The Bertz CT molecular complexity index is 590. The number of anilines is 1. The number of amides is 1. The van der Waals surface area contributed by atoms with Gasteiger partial charge in [-0.05, 0) is 37.7 Å². The van der Waals surface area contributed by atoms with Crippen LogP contribution >= 0.6 is 11.8 Å². The number of pyridine rings is 1. The fourth-order valence-electron chi connectivity index (χ4n) is 1.24. The predicted molar refractivity (Wildman–Crippen MR) is 67.3 cm³/mol. The van der Waals surface area contributed by atoms with E-state index in [1.54, 1.807) is 6.07 Å². The highest BCUT2D eigenvalue weighted by Gasteiger charge is 2.13. The number of hydrogen-bond acceptors (Lipinski definition) is 6. The molecule has 0 unspecified atom stereocenters. The summed E-state index contributed by atoms with van der Waals surface area (Å²) in [6.07, 6.45) is 0. The van der Waals surface area contributed by atoms with Crippen molar-refractivity contribution in [1.82, 2.24) is 9.97 Å². The second-order valence-corrected chi connectivity index (χ2v) is 4.62. The maximum Gasteiger partial charge on any atom is 0.267 e. The van der Waals surface area contributed by atoms with Crippen molar-refractivity contribution in [3.05, 3.63) is 29.3 Å². The highest BCUT2D eigenvalue weighted by atomic mass is 32.2. The van der Waals surface area contributed by atoms with E-state index < -0.39 is 5.91 Å². The number of aromatic nitrogens is 2. The predicted octanol–water partition coefficient (Wildman–Crippen LogP) is 1.52. The molecule has 2 rings (SSSR count). The molecule has 4 N–H and O–H groups in total. The van der Waals surface area contributed by atoms with Gasteiger partial charge in [0.25, 0.3) is 11.1 Å². The minimum absolute atomic E-state index is 0.159. The monoisotopic (exact) mass is 264 g/mol. The van der Waals surface area contributed by atoms with Crippen LogP contribution in [-0.2, 0) is 0 Å². The third-order valence-corrected chi connectivity index (χ3v) is 3.20. The van der Waals surface area contributed by atoms with Crippen LogP contribution < -0.4 is 11.5 Å². The first kappa shape index (κ1) is 12.4. The largest absolute Gasteiger partial charge is 0.436 e. The topological polar surface area (TPSA) is 108 Å². The number of hydrogen-bond donors (Lipinski definition) is 2. The second kappa shape index (κ2) is 4.69.